The highest BCUT2D eigenvalue weighted by Gasteiger charge is 2.11. The second kappa shape index (κ2) is 3.52. The lowest BCUT2D eigenvalue weighted by atomic mass is 10.1. The molecule has 0 saturated heterocycles. The largest absolute Gasteiger partial charge is 0.333 e. The fraction of sp³-hybridized carbons (Fsp3) is 0.444. The van der Waals surface area contributed by atoms with Crippen molar-refractivity contribution in [3.63, 3.8) is 0 Å². The quantitative estimate of drug-likeness (QED) is 0.767. The summed E-state index contributed by atoms with van der Waals surface area (Å²) in [5.41, 5.74) is 1.41. The van der Waals surface area contributed by atoms with Crippen molar-refractivity contribution in [1.82, 2.24) is 19.7 Å². The van der Waals surface area contributed by atoms with E-state index in [1.165, 1.54) is 6.20 Å². The van der Waals surface area contributed by atoms with E-state index in [0.717, 1.165) is 5.69 Å². The van der Waals surface area contributed by atoms with Gasteiger partial charge in [0.05, 0.1) is 11.9 Å². The highest BCUT2D eigenvalue weighted by atomic mass is 19.3. The minimum Gasteiger partial charge on any atom is -0.249 e. The van der Waals surface area contributed by atoms with Crippen molar-refractivity contribution in [3.05, 3.63) is 18.1 Å². The summed E-state index contributed by atoms with van der Waals surface area (Å²) in [7, 11) is 0. The molecule has 2 aromatic rings. The van der Waals surface area contributed by atoms with Crippen molar-refractivity contribution in [1.29, 1.82) is 0 Å². The van der Waals surface area contributed by atoms with Crippen LogP contribution < -0.4 is 0 Å². The van der Waals surface area contributed by atoms with Gasteiger partial charge in [-0.1, -0.05) is 13.8 Å². The van der Waals surface area contributed by atoms with Crippen LogP contribution in [0.15, 0.2) is 12.4 Å². The van der Waals surface area contributed by atoms with Crippen LogP contribution in [0.5, 0.6) is 0 Å². The van der Waals surface area contributed by atoms with Crippen LogP contribution in [0.4, 0.5) is 8.78 Å². The highest BCUT2D eigenvalue weighted by molar-refractivity contribution is 5.68. The first kappa shape index (κ1) is 9.95. The topological polar surface area (TPSA) is 43.6 Å². The zero-order valence-electron chi connectivity index (χ0n) is 8.35. The predicted molar refractivity (Wildman–Crippen MR) is 50.7 cm³/mol. The molecule has 0 aliphatic heterocycles. The van der Waals surface area contributed by atoms with Crippen molar-refractivity contribution >= 4 is 11.2 Å². The molecule has 0 aliphatic carbocycles. The molecule has 0 fully saturated rings. The minimum atomic E-state index is -2.65. The second-order valence-electron chi connectivity index (χ2n) is 3.55. The Balaban J connectivity index is 2.52. The van der Waals surface area contributed by atoms with Gasteiger partial charge in [0.15, 0.2) is 5.65 Å². The van der Waals surface area contributed by atoms with Crippen LogP contribution in [0.2, 0.25) is 0 Å². The van der Waals surface area contributed by atoms with Gasteiger partial charge >= 0.3 is 6.55 Å². The average Bonchev–Trinajstić information content (AvgIpc) is 2.59. The Kier molecular flexibility index (Phi) is 2.34. The van der Waals surface area contributed by atoms with Crippen LogP contribution in [0.25, 0.3) is 11.2 Å². The summed E-state index contributed by atoms with van der Waals surface area (Å²) in [6, 6.07) is 0. The first-order chi connectivity index (χ1) is 7.08. The highest BCUT2D eigenvalue weighted by Crippen LogP contribution is 2.16. The lowest BCUT2D eigenvalue weighted by molar-refractivity contribution is 0.0572. The van der Waals surface area contributed by atoms with Gasteiger partial charge in [-0.05, 0) is 5.92 Å². The zero-order valence-corrected chi connectivity index (χ0v) is 8.35. The number of fused-ring (bicyclic) bond motifs is 1. The lowest BCUT2D eigenvalue weighted by Crippen LogP contribution is -1.98. The number of alkyl halides is 2. The third kappa shape index (κ3) is 1.79. The Labute approximate surface area is 85.0 Å². The molecule has 2 rings (SSSR count). The first-order valence-electron chi connectivity index (χ1n) is 4.58. The number of hydrogen-bond donors (Lipinski definition) is 0. The van der Waals surface area contributed by atoms with Gasteiger partial charge in [-0.3, -0.25) is 0 Å². The van der Waals surface area contributed by atoms with Crippen molar-refractivity contribution < 1.29 is 8.78 Å². The molecular formula is C9H10F2N4. The summed E-state index contributed by atoms with van der Waals surface area (Å²) in [6.07, 6.45) is 2.78. The monoisotopic (exact) mass is 212 g/mol. The molecule has 2 heterocycles. The number of aromatic nitrogens is 4. The fourth-order valence-corrected chi connectivity index (χ4v) is 1.21. The Morgan fingerprint density at radius 2 is 2.07 bits per heavy atom. The first-order valence-corrected chi connectivity index (χ1v) is 4.58. The van der Waals surface area contributed by atoms with Gasteiger partial charge in [0, 0.05) is 6.20 Å². The lowest BCUT2D eigenvalue weighted by Gasteiger charge is -2.01. The van der Waals surface area contributed by atoms with Crippen molar-refractivity contribution in [2.24, 2.45) is 0 Å². The van der Waals surface area contributed by atoms with Crippen LogP contribution in [-0.2, 0) is 0 Å². The molecule has 2 aromatic heterocycles. The van der Waals surface area contributed by atoms with E-state index >= 15 is 0 Å². The molecule has 0 atom stereocenters. The number of rotatable bonds is 2. The molecule has 0 radical (unpaired) electrons. The Morgan fingerprint density at radius 3 is 2.67 bits per heavy atom. The molecule has 0 aromatic carbocycles. The van der Waals surface area contributed by atoms with Crippen molar-refractivity contribution in [2.45, 2.75) is 26.3 Å². The molecule has 80 valence electrons. The van der Waals surface area contributed by atoms with Crippen LogP contribution in [0.3, 0.4) is 0 Å². The van der Waals surface area contributed by atoms with E-state index in [4.69, 9.17) is 0 Å². The Morgan fingerprint density at radius 1 is 1.33 bits per heavy atom. The van der Waals surface area contributed by atoms with E-state index in [-0.39, 0.29) is 11.6 Å². The maximum absolute atomic E-state index is 12.3. The molecule has 15 heavy (non-hydrogen) atoms. The Bertz CT molecular complexity index is 472. The molecule has 0 amide bonds. The van der Waals surface area contributed by atoms with Crippen LogP contribution >= 0.6 is 0 Å². The molecule has 0 saturated carbocycles. The van der Waals surface area contributed by atoms with Crippen molar-refractivity contribution in [3.8, 4) is 0 Å². The van der Waals surface area contributed by atoms with Crippen LogP contribution in [-0.4, -0.2) is 19.7 Å². The minimum absolute atomic E-state index is 0.207. The molecular weight excluding hydrogens is 202 g/mol. The molecule has 0 N–H and O–H groups in total. The smallest absolute Gasteiger partial charge is 0.249 e. The number of halogens is 2. The van der Waals surface area contributed by atoms with Crippen molar-refractivity contribution in [2.75, 3.05) is 0 Å². The molecule has 0 spiro atoms. The summed E-state index contributed by atoms with van der Waals surface area (Å²) in [5, 5.41) is 3.65. The van der Waals surface area contributed by atoms with E-state index in [1.807, 2.05) is 13.8 Å². The summed E-state index contributed by atoms with van der Waals surface area (Å²) < 4.78 is 25.2. The average molecular weight is 212 g/mol. The van der Waals surface area contributed by atoms with Gasteiger partial charge in [0.25, 0.3) is 0 Å². The number of hydrogen-bond acceptors (Lipinski definition) is 3. The summed E-state index contributed by atoms with van der Waals surface area (Å²) in [4.78, 5) is 8.18. The van der Waals surface area contributed by atoms with Crippen LogP contribution in [0.1, 0.15) is 32.0 Å². The number of nitrogens with zero attached hydrogens (tertiary/aromatic N) is 4. The molecule has 0 aliphatic rings. The standard InChI is InChI=1S/C9H10F2N4/c1-5(2)6-3-12-7-4-15(9(10)11)14-8(7)13-6/h3-5,9H,1-2H3. The van der Waals surface area contributed by atoms with Gasteiger partial charge in [-0.2, -0.15) is 8.78 Å². The maximum Gasteiger partial charge on any atom is 0.333 e. The third-order valence-electron chi connectivity index (χ3n) is 2.06. The van der Waals surface area contributed by atoms with Gasteiger partial charge in [0.2, 0.25) is 0 Å². The zero-order chi connectivity index (χ0) is 11.0. The van der Waals surface area contributed by atoms with Gasteiger partial charge < -0.3 is 0 Å². The fourth-order valence-electron chi connectivity index (χ4n) is 1.21. The second-order valence-corrected chi connectivity index (χ2v) is 3.55. The van der Waals surface area contributed by atoms with E-state index in [2.05, 4.69) is 15.1 Å². The molecule has 4 nitrogen and oxygen atoms in total. The Hall–Kier alpha value is -1.59. The van der Waals surface area contributed by atoms with E-state index in [1.54, 1.807) is 6.20 Å². The van der Waals surface area contributed by atoms with Crippen LogP contribution in [0, 0.1) is 0 Å². The summed E-state index contributed by atoms with van der Waals surface area (Å²) in [5.74, 6) is 0.207. The summed E-state index contributed by atoms with van der Waals surface area (Å²) >= 11 is 0. The normalized spacial score (nSPS) is 11.9. The molecule has 0 unspecified atom stereocenters. The summed E-state index contributed by atoms with van der Waals surface area (Å²) in [6.45, 7) is 1.27. The predicted octanol–water partition coefficient (Wildman–Crippen LogP) is 2.34. The third-order valence-corrected chi connectivity index (χ3v) is 2.06. The van der Waals surface area contributed by atoms with E-state index in [9.17, 15) is 8.78 Å². The van der Waals surface area contributed by atoms with Gasteiger partial charge in [-0.25, -0.2) is 14.6 Å². The van der Waals surface area contributed by atoms with Gasteiger partial charge in [-0.15, -0.1) is 5.10 Å². The van der Waals surface area contributed by atoms with E-state index in [0.29, 0.717) is 10.2 Å². The van der Waals surface area contributed by atoms with E-state index < -0.39 is 6.55 Å². The molecule has 0 bridgehead atoms. The maximum atomic E-state index is 12.3. The van der Waals surface area contributed by atoms with Gasteiger partial charge in [0.1, 0.15) is 5.52 Å². The SMILES string of the molecule is CC(C)c1cnc2cn(C(F)F)nc2n1. The molecule has 6 heteroatoms.